The van der Waals surface area contributed by atoms with Crippen molar-refractivity contribution in [1.29, 1.82) is 0 Å². The Hall–Kier alpha value is -1.14. The molecule has 2 amide bonds. The highest BCUT2D eigenvalue weighted by Gasteiger charge is 2.32. The van der Waals surface area contributed by atoms with Crippen molar-refractivity contribution in [2.75, 3.05) is 13.1 Å². The Balaban J connectivity index is 1.85. The van der Waals surface area contributed by atoms with Crippen molar-refractivity contribution in [3.05, 3.63) is 0 Å². The second-order valence-corrected chi connectivity index (χ2v) is 6.24. The Kier molecular flexibility index (Phi) is 5.58. The summed E-state index contributed by atoms with van der Waals surface area (Å²) in [6.07, 6.45) is 2.77. The number of piperidine rings is 1. The van der Waals surface area contributed by atoms with Gasteiger partial charge in [0.2, 0.25) is 11.8 Å². The van der Waals surface area contributed by atoms with Crippen LogP contribution in [0, 0.1) is 5.92 Å². The summed E-state index contributed by atoms with van der Waals surface area (Å²) in [6, 6.07) is -0.360. The summed E-state index contributed by atoms with van der Waals surface area (Å²) >= 11 is 0. The first-order chi connectivity index (χ1) is 9.99. The van der Waals surface area contributed by atoms with Gasteiger partial charge in [0.15, 0.2) is 0 Å². The number of hydrogen-bond acceptors (Lipinski definition) is 4. The van der Waals surface area contributed by atoms with E-state index in [4.69, 9.17) is 0 Å². The topological polar surface area (TPSA) is 89.9 Å². The molecule has 0 spiro atoms. The van der Waals surface area contributed by atoms with E-state index in [1.165, 1.54) is 0 Å². The van der Waals surface area contributed by atoms with Crippen LogP contribution in [0.25, 0.3) is 0 Å². The molecule has 0 aromatic rings. The van der Waals surface area contributed by atoms with Gasteiger partial charge in [-0.05, 0) is 25.7 Å². The molecular weight excluding hydrogens is 272 g/mol. The minimum absolute atomic E-state index is 0.0520. The number of nitrogens with one attached hydrogen (secondary N) is 1. The summed E-state index contributed by atoms with van der Waals surface area (Å²) in [6.45, 7) is 2.77. The maximum atomic E-state index is 12.3. The molecule has 1 aliphatic carbocycles. The van der Waals surface area contributed by atoms with Crippen LogP contribution >= 0.6 is 0 Å². The number of aliphatic hydroxyl groups is 2. The molecule has 0 bridgehead atoms. The molecule has 3 N–H and O–H groups in total. The Morgan fingerprint density at radius 1 is 1.05 bits per heavy atom. The van der Waals surface area contributed by atoms with Crippen LogP contribution in [0.2, 0.25) is 0 Å². The van der Waals surface area contributed by atoms with Crippen LogP contribution in [0.1, 0.15) is 45.4 Å². The monoisotopic (exact) mass is 298 g/mol. The molecule has 2 aliphatic rings. The van der Waals surface area contributed by atoms with Crippen molar-refractivity contribution in [1.82, 2.24) is 10.2 Å². The molecule has 1 aliphatic heterocycles. The number of nitrogens with zero attached hydrogens (tertiary/aromatic N) is 1. The molecule has 1 heterocycles. The van der Waals surface area contributed by atoms with Crippen molar-refractivity contribution in [3.8, 4) is 0 Å². The summed E-state index contributed by atoms with van der Waals surface area (Å²) < 4.78 is 0. The van der Waals surface area contributed by atoms with Gasteiger partial charge in [0.1, 0.15) is 0 Å². The third kappa shape index (κ3) is 4.17. The van der Waals surface area contributed by atoms with Crippen LogP contribution in [0.15, 0.2) is 0 Å². The summed E-state index contributed by atoms with van der Waals surface area (Å²) in [5.74, 6) is -0.110. The zero-order chi connectivity index (χ0) is 15.4. The van der Waals surface area contributed by atoms with E-state index in [2.05, 4.69) is 5.32 Å². The van der Waals surface area contributed by atoms with Gasteiger partial charge in [-0.2, -0.15) is 0 Å². The van der Waals surface area contributed by atoms with E-state index in [9.17, 15) is 19.8 Å². The molecule has 0 aromatic carbocycles. The van der Waals surface area contributed by atoms with Crippen LogP contribution in [-0.4, -0.2) is 58.3 Å². The molecule has 120 valence electrons. The molecule has 0 unspecified atom stereocenters. The van der Waals surface area contributed by atoms with Gasteiger partial charge in [-0.3, -0.25) is 9.59 Å². The summed E-state index contributed by atoms with van der Waals surface area (Å²) in [5.41, 5.74) is 0. The van der Waals surface area contributed by atoms with Crippen molar-refractivity contribution in [2.24, 2.45) is 5.92 Å². The van der Waals surface area contributed by atoms with E-state index < -0.39 is 12.2 Å². The maximum absolute atomic E-state index is 12.3. The molecule has 0 aromatic heterocycles. The lowest BCUT2D eigenvalue weighted by Gasteiger charge is -2.32. The quantitative estimate of drug-likeness (QED) is 0.627. The highest BCUT2D eigenvalue weighted by Crippen LogP contribution is 2.21. The number of aliphatic hydroxyl groups excluding tert-OH is 2. The molecule has 1 saturated carbocycles. The summed E-state index contributed by atoms with van der Waals surface area (Å²) in [7, 11) is 0. The molecular formula is C15H26N2O4. The molecule has 2 fully saturated rings. The van der Waals surface area contributed by atoms with E-state index in [0.29, 0.717) is 38.8 Å². The van der Waals surface area contributed by atoms with Gasteiger partial charge in [0.05, 0.1) is 18.2 Å². The second-order valence-electron chi connectivity index (χ2n) is 6.24. The third-order valence-corrected chi connectivity index (χ3v) is 4.71. The molecule has 6 nitrogen and oxygen atoms in total. The standard InChI is InChI=1S/C15H26N2O4/c1-10(18)17-8-6-11(7-9-17)15(21)16-12-4-2-3-5-13(19)14(12)20/h11-14,19-20H,2-9H2,1H3,(H,16,21)/t12-,13-,14-/m1/s1. The van der Waals surface area contributed by atoms with Crippen molar-refractivity contribution in [2.45, 2.75) is 63.7 Å². The van der Waals surface area contributed by atoms with Crippen molar-refractivity contribution in [3.63, 3.8) is 0 Å². The fraction of sp³-hybridized carbons (Fsp3) is 0.867. The predicted molar refractivity (Wildman–Crippen MR) is 77.4 cm³/mol. The first-order valence-electron chi connectivity index (χ1n) is 7.91. The largest absolute Gasteiger partial charge is 0.390 e. The normalized spacial score (nSPS) is 31.6. The summed E-state index contributed by atoms with van der Waals surface area (Å²) in [5, 5.41) is 22.8. The number of carbonyl (C=O) groups is 2. The fourth-order valence-electron chi connectivity index (χ4n) is 3.24. The lowest BCUT2D eigenvalue weighted by molar-refractivity contribution is -0.134. The van der Waals surface area contributed by atoms with Crippen LogP contribution < -0.4 is 5.32 Å². The van der Waals surface area contributed by atoms with Crippen LogP contribution in [0.4, 0.5) is 0 Å². The van der Waals surface area contributed by atoms with E-state index in [1.807, 2.05) is 0 Å². The zero-order valence-corrected chi connectivity index (χ0v) is 12.6. The smallest absolute Gasteiger partial charge is 0.223 e. The first kappa shape index (κ1) is 16.2. The second kappa shape index (κ2) is 7.22. The average Bonchev–Trinajstić information content (AvgIpc) is 2.63. The predicted octanol–water partition coefficient (Wildman–Crippen LogP) is 0.0255. The number of likely N-dealkylation sites (tertiary alicyclic amines) is 1. The number of rotatable bonds is 2. The number of carbonyl (C=O) groups excluding carboxylic acids is 2. The van der Waals surface area contributed by atoms with Crippen LogP contribution in [-0.2, 0) is 9.59 Å². The Bertz CT molecular complexity index is 380. The van der Waals surface area contributed by atoms with E-state index in [1.54, 1.807) is 11.8 Å². The van der Waals surface area contributed by atoms with Gasteiger partial charge in [0, 0.05) is 25.9 Å². The SMILES string of the molecule is CC(=O)N1CCC(C(=O)N[C@@H]2CCCC[C@@H](O)[C@@H]2O)CC1. The molecule has 1 saturated heterocycles. The summed E-state index contributed by atoms with van der Waals surface area (Å²) in [4.78, 5) is 25.3. The highest BCUT2D eigenvalue weighted by atomic mass is 16.3. The van der Waals surface area contributed by atoms with E-state index in [-0.39, 0.29) is 23.8 Å². The van der Waals surface area contributed by atoms with E-state index >= 15 is 0 Å². The van der Waals surface area contributed by atoms with Gasteiger partial charge in [0.25, 0.3) is 0 Å². The Morgan fingerprint density at radius 3 is 2.29 bits per heavy atom. The lowest BCUT2D eigenvalue weighted by atomic mass is 9.94. The zero-order valence-electron chi connectivity index (χ0n) is 12.6. The maximum Gasteiger partial charge on any atom is 0.223 e. The van der Waals surface area contributed by atoms with Gasteiger partial charge in [-0.1, -0.05) is 12.8 Å². The van der Waals surface area contributed by atoms with Crippen molar-refractivity contribution >= 4 is 11.8 Å². The number of hydrogen-bond donors (Lipinski definition) is 3. The van der Waals surface area contributed by atoms with Crippen LogP contribution in [0.3, 0.4) is 0 Å². The number of amides is 2. The molecule has 0 radical (unpaired) electrons. The van der Waals surface area contributed by atoms with E-state index in [0.717, 1.165) is 12.8 Å². The first-order valence-corrected chi connectivity index (χ1v) is 7.91. The van der Waals surface area contributed by atoms with Gasteiger partial charge in [-0.15, -0.1) is 0 Å². The molecule has 3 atom stereocenters. The minimum Gasteiger partial charge on any atom is -0.390 e. The lowest BCUT2D eigenvalue weighted by Crippen LogP contribution is -2.50. The Morgan fingerprint density at radius 2 is 1.67 bits per heavy atom. The third-order valence-electron chi connectivity index (χ3n) is 4.71. The van der Waals surface area contributed by atoms with Gasteiger partial charge in [-0.25, -0.2) is 0 Å². The van der Waals surface area contributed by atoms with Crippen LogP contribution in [0.5, 0.6) is 0 Å². The Labute approximate surface area is 125 Å². The van der Waals surface area contributed by atoms with Gasteiger partial charge < -0.3 is 20.4 Å². The fourth-order valence-corrected chi connectivity index (χ4v) is 3.24. The highest BCUT2D eigenvalue weighted by molar-refractivity contribution is 5.80. The molecule has 21 heavy (non-hydrogen) atoms. The molecule has 2 rings (SSSR count). The van der Waals surface area contributed by atoms with Gasteiger partial charge >= 0.3 is 0 Å². The minimum atomic E-state index is -0.881. The average molecular weight is 298 g/mol. The molecule has 6 heteroatoms. The van der Waals surface area contributed by atoms with Crippen molar-refractivity contribution < 1.29 is 19.8 Å².